The lowest BCUT2D eigenvalue weighted by atomic mass is 9.73. The maximum absolute atomic E-state index is 12.3. The molecule has 7 heteroatoms. The smallest absolute Gasteiger partial charge is 0.451 e. The van der Waals surface area contributed by atoms with Crippen molar-refractivity contribution in [1.29, 1.82) is 0 Å². The van der Waals surface area contributed by atoms with Crippen molar-refractivity contribution in [1.82, 2.24) is 10.2 Å². The van der Waals surface area contributed by atoms with Gasteiger partial charge in [0, 0.05) is 6.04 Å². The van der Waals surface area contributed by atoms with Crippen molar-refractivity contribution in [3.63, 3.8) is 0 Å². The van der Waals surface area contributed by atoms with Crippen LogP contribution in [0.4, 0.5) is 0 Å². The quantitative estimate of drug-likeness (QED) is 0.375. The normalized spacial score (nSPS) is 22.7. The van der Waals surface area contributed by atoms with Gasteiger partial charge in [0.2, 0.25) is 0 Å². The third-order valence-electron chi connectivity index (χ3n) is 7.12. The Morgan fingerprint density at radius 1 is 1.21 bits per heavy atom. The molecule has 1 aromatic carbocycles. The standard InChI is InChI=1S/C22H35BN2O4/c1-24-22(21(26)27,13-4-5-14-23(28)29)18-11-15-25(16-12-18)20-10-6-8-17-7-2-3-9-19(17)20/h2-3,7,9,18,20,24,28-29H,4-6,8,10-16H2,1H3,(H,26,27). The lowest BCUT2D eigenvalue weighted by Crippen LogP contribution is -2.58. The molecule has 1 saturated heterocycles. The van der Waals surface area contributed by atoms with Crippen molar-refractivity contribution < 1.29 is 19.9 Å². The Balaban J connectivity index is 1.63. The molecule has 0 saturated carbocycles. The van der Waals surface area contributed by atoms with E-state index in [0.717, 1.165) is 32.4 Å². The van der Waals surface area contributed by atoms with E-state index in [1.165, 1.54) is 24.0 Å². The van der Waals surface area contributed by atoms with E-state index in [2.05, 4.69) is 34.5 Å². The van der Waals surface area contributed by atoms with Crippen LogP contribution < -0.4 is 5.32 Å². The van der Waals surface area contributed by atoms with Crippen LogP contribution in [-0.2, 0) is 11.2 Å². The van der Waals surface area contributed by atoms with Gasteiger partial charge >= 0.3 is 13.1 Å². The summed E-state index contributed by atoms with van der Waals surface area (Å²) in [5.41, 5.74) is 1.99. The molecule has 160 valence electrons. The number of nitrogens with one attached hydrogen (secondary N) is 1. The second kappa shape index (κ2) is 10.1. The van der Waals surface area contributed by atoms with Crippen LogP contribution in [0.2, 0.25) is 6.32 Å². The molecule has 0 spiro atoms. The molecular weight excluding hydrogens is 367 g/mol. The summed E-state index contributed by atoms with van der Waals surface area (Å²) in [6, 6.07) is 9.21. The molecule has 1 aliphatic carbocycles. The number of fused-ring (bicyclic) bond motifs is 1. The van der Waals surface area contributed by atoms with Crippen molar-refractivity contribution in [2.24, 2.45) is 5.92 Å². The first-order chi connectivity index (χ1) is 14.0. The highest BCUT2D eigenvalue weighted by molar-refractivity contribution is 6.40. The first-order valence-electron chi connectivity index (χ1n) is 11.1. The fraction of sp³-hybridized carbons (Fsp3) is 0.682. The van der Waals surface area contributed by atoms with Crippen LogP contribution in [0.15, 0.2) is 24.3 Å². The number of rotatable bonds is 9. The fourth-order valence-corrected chi connectivity index (χ4v) is 5.46. The summed E-state index contributed by atoms with van der Waals surface area (Å²) in [4.78, 5) is 14.8. The zero-order chi connectivity index (χ0) is 20.9. The Labute approximate surface area is 174 Å². The van der Waals surface area contributed by atoms with Gasteiger partial charge in [-0.3, -0.25) is 9.69 Å². The van der Waals surface area contributed by atoms with E-state index >= 15 is 0 Å². The number of aliphatic carboxylic acids is 1. The van der Waals surface area contributed by atoms with Crippen LogP contribution in [0.3, 0.4) is 0 Å². The molecule has 29 heavy (non-hydrogen) atoms. The molecule has 0 bridgehead atoms. The zero-order valence-electron chi connectivity index (χ0n) is 17.5. The largest absolute Gasteiger partial charge is 0.480 e. The van der Waals surface area contributed by atoms with E-state index in [1.54, 1.807) is 7.05 Å². The SMILES string of the molecule is CNC(CCCCB(O)O)(C(=O)O)C1CCN(C2CCCc3ccccc32)CC1. The van der Waals surface area contributed by atoms with Gasteiger partial charge in [0.15, 0.2) is 0 Å². The van der Waals surface area contributed by atoms with Gasteiger partial charge in [-0.25, -0.2) is 0 Å². The zero-order valence-corrected chi connectivity index (χ0v) is 17.5. The molecule has 1 aromatic rings. The number of nitrogens with zero attached hydrogens (tertiary/aromatic N) is 1. The Hall–Kier alpha value is -1.41. The van der Waals surface area contributed by atoms with Gasteiger partial charge < -0.3 is 20.5 Å². The maximum atomic E-state index is 12.3. The van der Waals surface area contributed by atoms with E-state index in [-0.39, 0.29) is 5.92 Å². The summed E-state index contributed by atoms with van der Waals surface area (Å²) in [5.74, 6) is -0.704. The molecule has 2 atom stereocenters. The number of hydrogen-bond donors (Lipinski definition) is 4. The van der Waals surface area contributed by atoms with E-state index < -0.39 is 18.6 Å². The number of carboxylic acid groups (broad SMARTS) is 1. The highest BCUT2D eigenvalue weighted by Gasteiger charge is 2.45. The molecule has 0 aromatic heterocycles. The molecule has 2 aliphatic rings. The van der Waals surface area contributed by atoms with Gasteiger partial charge in [0.05, 0.1) is 0 Å². The van der Waals surface area contributed by atoms with Crippen LogP contribution in [0.1, 0.15) is 62.1 Å². The highest BCUT2D eigenvalue weighted by Crippen LogP contribution is 2.39. The Morgan fingerprint density at radius 3 is 2.59 bits per heavy atom. The lowest BCUT2D eigenvalue weighted by molar-refractivity contribution is -0.149. The first kappa shape index (κ1) is 22.3. The molecule has 4 N–H and O–H groups in total. The van der Waals surface area contributed by atoms with Crippen LogP contribution in [0.5, 0.6) is 0 Å². The third-order valence-corrected chi connectivity index (χ3v) is 7.12. The number of unbranched alkanes of at least 4 members (excludes halogenated alkanes) is 1. The van der Waals surface area contributed by atoms with Crippen molar-refractivity contribution in [3.8, 4) is 0 Å². The van der Waals surface area contributed by atoms with Crippen molar-refractivity contribution in [3.05, 3.63) is 35.4 Å². The summed E-state index contributed by atoms with van der Waals surface area (Å²) in [5, 5.41) is 31.3. The number of piperidine rings is 1. The van der Waals surface area contributed by atoms with Gasteiger partial charge in [0.1, 0.15) is 5.54 Å². The van der Waals surface area contributed by atoms with E-state index in [9.17, 15) is 9.90 Å². The minimum Gasteiger partial charge on any atom is -0.480 e. The lowest BCUT2D eigenvalue weighted by Gasteiger charge is -2.45. The van der Waals surface area contributed by atoms with Gasteiger partial charge in [-0.1, -0.05) is 37.1 Å². The minimum atomic E-state index is -1.31. The van der Waals surface area contributed by atoms with Gasteiger partial charge in [0.25, 0.3) is 0 Å². The second-order valence-corrected chi connectivity index (χ2v) is 8.67. The first-order valence-corrected chi connectivity index (χ1v) is 11.1. The van der Waals surface area contributed by atoms with Crippen molar-refractivity contribution in [2.45, 2.75) is 69.3 Å². The van der Waals surface area contributed by atoms with E-state index in [4.69, 9.17) is 10.0 Å². The van der Waals surface area contributed by atoms with E-state index in [0.29, 0.717) is 31.6 Å². The Kier molecular flexibility index (Phi) is 7.74. The number of aryl methyl sites for hydroxylation is 1. The van der Waals surface area contributed by atoms with Crippen molar-refractivity contribution >= 4 is 13.1 Å². The van der Waals surface area contributed by atoms with Crippen molar-refractivity contribution in [2.75, 3.05) is 20.1 Å². The Bertz CT molecular complexity index is 679. The topological polar surface area (TPSA) is 93.0 Å². The van der Waals surface area contributed by atoms with Gasteiger partial charge in [-0.2, -0.15) is 0 Å². The van der Waals surface area contributed by atoms with E-state index in [1.807, 2.05) is 0 Å². The summed E-state index contributed by atoms with van der Waals surface area (Å²) in [6.45, 7) is 1.85. The number of likely N-dealkylation sites (tertiary alicyclic amines) is 1. The third kappa shape index (κ3) is 5.02. The van der Waals surface area contributed by atoms with Gasteiger partial charge in [-0.15, -0.1) is 0 Å². The second-order valence-electron chi connectivity index (χ2n) is 8.67. The summed E-state index contributed by atoms with van der Waals surface area (Å²) in [6.07, 6.45) is 7.39. The predicted molar refractivity (Wildman–Crippen MR) is 115 cm³/mol. The number of hydrogen-bond acceptors (Lipinski definition) is 5. The summed E-state index contributed by atoms with van der Waals surface area (Å²) in [7, 11) is 0.434. The number of benzene rings is 1. The summed E-state index contributed by atoms with van der Waals surface area (Å²) >= 11 is 0. The number of carbonyl (C=O) groups is 1. The predicted octanol–water partition coefficient (Wildman–Crippen LogP) is 2.46. The molecule has 2 unspecified atom stereocenters. The summed E-state index contributed by atoms with van der Waals surface area (Å²) < 4.78 is 0. The molecule has 0 amide bonds. The molecule has 1 heterocycles. The number of carboxylic acids is 1. The van der Waals surface area contributed by atoms with Crippen LogP contribution in [-0.4, -0.2) is 58.8 Å². The van der Waals surface area contributed by atoms with Crippen LogP contribution in [0.25, 0.3) is 0 Å². The molecule has 3 rings (SSSR count). The monoisotopic (exact) mass is 402 g/mol. The molecule has 6 nitrogen and oxygen atoms in total. The molecular formula is C22H35BN2O4. The van der Waals surface area contributed by atoms with Gasteiger partial charge in [-0.05, 0) is 82.0 Å². The molecule has 0 radical (unpaired) electrons. The molecule has 1 aliphatic heterocycles. The maximum Gasteiger partial charge on any atom is 0.451 e. The Morgan fingerprint density at radius 2 is 1.93 bits per heavy atom. The average molecular weight is 402 g/mol. The minimum absolute atomic E-state index is 0.0825. The highest BCUT2D eigenvalue weighted by atomic mass is 16.4. The number of likely N-dealkylation sites (N-methyl/N-ethyl adjacent to an activating group) is 1. The fourth-order valence-electron chi connectivity index (χ4n) is 5.46. The van der Waals surface area contributed by atoms with Crippen LogP contribution >= 0.6 is 0 Å². The average Bonchev–Trinajstić information content (AvgIpc) is 2.73. The molecule has 1 fully saturated rings. The van der Waals surface area contributed by atoms with Crippen LogP contribution in [0, 0.1) is 5.92 Å².